The van der Waals surface area contributed by atoms with E-state index in [1.165, 1.54) is 24.2 Å². The van der Waals surface area contributed by atoms with Crippen molar-refractivity contribution in [2.75, 3.05) is 38.0 Å². The van der Waals surface area contributed by atoms with Crippen LogP contribution in [-0.2, 0) is 4.79 Å². The van der Waals surface area contributed by atoms with E-state index < -0.39 is 0 Å². The first-order valence-corrected chi connectivity index (χ1v) is 8.08. The Morgan fingerprint density at radius 1 is 1.43 bits per heavy atom. The Labute approximate surface area is 126 Å². The molecule has 1 aromatic carbocycles. The Morgan fingerprint density at radius 2 is 2.29 bits per heavy atom. The van der Waals surface area contributed by atoms with E-state index in [4.69, 9.17) is 0 Å². The van der Waals surface area contributed by atoms with Crippen LogP contribution in [0.4, 0.5) is 5.69 Å². The molecule has 0 aromatic heterocycles. The number of benzene rings is 1. The normalized spacial score (nSPS) is 24.6. The molecule has 2 unspecified atom stereocenters. The van der Waals surface area contributed by atoms with Gasteiger partial charge in [0.25, 0.3) is 0 Å². The van der Waals surface area contributed by atoms with Gasteiger partial charge in [-0.05, 0) is 37.1 Å². The summed E-state index contributed by atoms with van der Waals surface area (Å²) in [6.45, 7) is 7.33. The molecular weight excluding hydrogens is 262 g/mol. The van der Waals surface area contributed by atoms with Gasteiger partial charge >= 0.3 is 0 Å². The molecule has 1 saturated heterocycles. The van der Waals surface area contributed by atoms with Crippen molar-refractivity contribution in [3.8, 4) is 0 Å². The molecule has 4 nitrogen and oxygen atoms in total. The Hall–Kier alpha value is -1.55. The Bertz CT molecular complexity index is 503. The number of carbonyl (C=O) groups is 1. The second kappa shape index (κ2) is 6.48. The van der Waals surface area contributed by atoms with Gasteiger partial charge in [0.15, 0.2) is 0 Å². The molecule has 1 amide bonds. The zero-order chi connectivity index (χ0) is 14.7. The second-order valence-corrected chi connectivity index (χ2v) is 6.22. The minimum atomic E-state index is 0.188. The highest BCUT2D eigenvalue weighted by Crippen LogP contribution is 2.33. The second-order valence-electron chi connectivity index (χ2n) is 6.22. The number of para-hydroxylation sites is 1. The lowest BCUT2D eigenvalue weighted by Crippen LogP contribution is -2.32. The van der Waals surface area contributed by atoms with E-state index in [1.807, 2.05) is 6.07 Å². The van der Waals surface area contributed by atoms with Gasteiger partial charge in [-0.25, -0.2) is 0 Å². The molecule has 1 aromatic rings. The summed E-state index contributed by atoms with van der Waals surface area (Å²) in [7, 11) is 0. The molecule has 114 valence electrons. The molecule has 0 spiro atoms. The highest BCUT2D eigenvalue weighted by atomic mass is 16.1. The van der Waals surface area contributed by atoms with E-state index in [2.05, 4.69) is 40.7 Å². The topological polar surface area (TPSA) is 44.4 Å². The van der Waals surface area contributed by atoms with Crippen LogP contribution in [0.15, 0.2) is 24.3 Å². The highest BCUT2D eigenvalue weighted by molar-refractivity contribution is 5.78. The molecule has 0 radical (unpaired) electrons. The van der Waals surface area contributed by atoms with Crippen LogP contribution in [0, 0.1) is 5.92 Å². The molecule has 0 bridgehead atoms. The fourth-order valence-corrected chi connectivity index (χ4v) is 3.46. The summed E-state index contributed by atoms with van der Waals surface area (Å²) in [5.74, 6) is 1.13. The molecule has 1 fully saturated rings. The number of hydrogen-bond donors (Lipinski definition) is 2. The van der Waals surface area contributed by atoms with Crippen molar-refractivity contribution in [3.63, 3.8) is 0 Å². The van der Waals surface area contributed by atoms with E-state index in [0.717, 1.165) is 26.2 Å². The van der Waals surface area contributed by atoms with Crippen molar-refractivity contribution in [2.45, 2.75) is 25.7 Å². The first kappa shape index (κ1) is 14.4. The molecule has 2 atom stereocenters. The number of carbonyl (C=O) groups excluding carboxylic acids is 1. The largest absolute Gasteiger partial charge is 0.384 e. The maximum Gasteiger partial charge on any atom is 0.220 e. The van der Waals surface area contributed by atoms with Gasteiger partial charge in [-0.3, -0.25) is 4.79 Å². The third kappa shape index (κ3) is 3.38. The molecule has 2 aliphatic rings. The molecule has 21 heavy (non-hydrogen) atoms. The van der Waals surface area contributed by atoms with Crippen LogP contribution in [-0.4, -0.2) is 43.5 Å². The number of nitrogens with zero attached hydrogens (tertiary/aromatic N) is 1. The maximum atomic E-state index is 12.2. The Balaban J connectivity index is 1.45. The van der Waals surface area contributed by atoms with E-state index in [9.17, 15) is 4.79 Å². The molecule has 2 heterocycles. The lowest BCUT2D eigenvalue weighted by atomic mass is 9.97. The van der Waals surface area contributed by atoms with Crippen molar-refractivity contribution in [1.29, 1.82) is 0 Å². The van der Waals surface area contributed by atoms with Crippen LogP contribution in [0.2, 0.25) is 0 Å². The minimum absolute atomic E-state index is 0.188. The fraction of sp³-hybridized carbons (Fsp3) is 0.588. The van der Waals surface area contributed by atoms with Crippen molar-refractivity contribution in [3.05, 3.63) is 29.8 Å². The number of amides is 1. The Kier molecular flexibility index (Phi) is 4.44. The molecular formula is C17H25N3O. The van der Waals surface area contributed by atoms with Gasteiger partial charge in [-0.15, -0.1) is 0 Å². The Morgan fingerprint density at radius 3 is 3.10 bits per heavy atom. The van der Waals surface area contributed by atoms with E-state index in [-0.39, 0.29) is 5.91 Å². The van der Waals surface area contributed by atoms with Crippen molar-refractivity contribution < 1.29 is 4.79 Å². The SMILES string of the molecule is CCN1CCC(CNC(=O)CC2CNc3ccccc32)C1. The monoisotopic (exact) mass is 287 g/mol. The first-order chi connectivity index (χ1) is 10.3. The highest BCUT2D eigenvalue weighted by Gasteiger charge is 2.25. The maximum absolute atomic E-state index is 12.2. The fourth-order valence-electron chi connectivity index (χ4n) is 3.46. The zero-order valence-electron chi connectivity index (χ0n) is 12.8. The van der Waals surface area contributed by atoms with Gasteiger partial charge in [-0.1, -0.05) is 25.1 Å². The number of fused-ring (bicyclic) bond motifs is 1. The summed E-state index contributed by atoms with van der Waals surface area (Å²) in [6, 6.07) is 8.30. The van der Waals surface area contributed by atoms with Gasteiger partial charge in [0.05, 0.1) is 0 Å². The predicted molar refractivity (Wildman–Crippen MR) is 85.5 cm³/mol. The summed E-state index contributed by atoms with van der Waals surface area (Å²) in [4.78, 5) is 14.6. The smallest absolute Gasteiger partial charge is 0.220 e. The van der Waals surface area contributed by atoms with Gasteiger partial charge in [-0.2, -0.15) is 0 Å². The van der Waals surface area contributed by atoms with Gasteiger partial charge in [0.2, 0.25) is 5.91 Å². The third-order valence-electron chi connectivity index (χ3n) is 4.78. The van der Waals surface area contributed by atoms with Crippen LogP contribution < -0.4 is 10.6 Å². The van der Waals surface area contributed by atoms with Gasteiger partial charge in [0.1, 0.15) is 0 Å². The molecule has 4 heteroatoms. The summed E-state index contributed by atoms with van der Waals surface area (Å²) < 4.78 is 0. The standard InChI is InChI=1S/C17H25N3O/c1-2-20-8-7-13(12-20)10-19-17(21)9-14-11-18-16-6-4-3-5-15(14)16/h3-6,13-14,18H,2,7-12H2,1H3,(H,19,21). The van der Waals surface area contributed by atoms with Gasteiger partial charge < -0.3 is 15.5 Å². The molecule has 2 aliphatic heterocycles. The van der Waals surface area contributed by atoms with E-state index >= 15 is 0 Å². The summed E-state index contributed by atoms with van der Waals surface area (Å²) >= 11 is 0. The van der Waals surface area contributed by atoms with Crippen LogP contribution in [0.3, 0.4) is 0 Å². The van der Waals surface area contributed by atoms with Crippen LogP contribution in [0.1, 0.15) is 31.2 Å². The molecule has 0 aliphatic carbocycles. The minimum Gasteiger partial charge on any atom is -0.384 e. The number of anilines is 1. The van der Waals surface area contributed by atoms with Crippen LogP contribution >= 0.6 is 0 Å². The van der Waals surface area contributed by atoms with E-state index in [1.54, 1.807) is 0 Å². The van der Waals surface area contributed by atoms with Crippen LogP contribution in [0.5, 0.6) is 0 Å². The average molecular weight is 287 g/mol. The lowest BCUT2D eigenvalue weighted by Gasteiger charge is -2.15. The first-order valence-electron chi connectivity index (χ1n) is 8.08. The third-order valence-corrected chi connectivity index (χ3v) is 4.78. The van der Waals surface area contributed by atoms with Gasteiger partial charge in [0, 0.05) is 37.7 Å². The zero-order valence-corrected chi connectivity index (χ0v) is 12.8. The molecule has 3 rings (SSSR count). The lowest BCUT2D eigenvalue weighted by molar-refractivity contribution is -0.121. The predicted octanol–water partition coefficient (Wildman–Crippen LogP) is 2.04. The summed E-state index contributed by atoms with van der Waals surface area (Å²) in [5, 5.41) is 6.51. The quantitative estimate of drug-likeness (QED) is 0.871. The van der Waals surface area contributed by atoms with Crippen LogP contribution in [0.25, 0.3) is 0 Å². The number of hydrogen-bond acceptors (Lipinski definition) is 3. The van der Waals surface area contributed by atoms with Crippen molar-refractivity contribution in [2.24, 2.45) is 5.92 Å². The van der Waals surface area contributed by atoms with Crippen molar-refractivity contribution >= 4 is 11.6 Å². The average Bonchev–Trinajstić information content (AvgIpc) is 3.12. The molecule has 0 saturated carbocycles. The summed E-state index contributed by atoms with van der Waals surface area (Å²) in [5.41, 5.74) is 2.47. The summed E-state index contributed by atoms with van der Waals surface area (Å²) in [6.07, 6.45) is 1.80. The van der Waals surface area contributed by atoms with E-state index in [0.29, 0.717) is 18.3 Å². The van der Waals surface area contributed by atoms with Crippen molar-refractivity contribution in [1.82, 2.24) is 10.2 Å². The molecule has 2 N–H and O–H groups in total. The number of nitrogens with one attached hydrogen (secondary N) is 2. The number of rotatable bonds is 5. The number of likely N-dealkylation sites (tertiary alicyclic amines) is 1.